The van der Waals surface area contributed by atoms with E-state index < -0.39 is 5.78 Å². The molecule has 20 heavy (non-hydrogen) atoms. The minimum absolute atomic E-state index is 0.0620. The highest BCUT2D eigenvalue weighted by atomic mass is 16.2. The lowest BCUT2D eigenvalue weighted by Gasteiger charge is -2.13. The zero-order valence-corrected chi connectivity index (χ0v) is 10.8. The van der Waals surface area contributed by atoms with Crippen molar-refractivity contribution in [1.29, 1.82) is 0 Å². The van der Waals surface area contributed by atoms with E-state index in [-0.39, 0.29) is 34.3 Å². The average Bonchev–Trinajstić information content (AvgIpc) is 2.43. The molecule has 0 unspecified atom stereocenters. The predicted octanol–water partition coefficient (Wildman–Crippen LogP) is 1.57. The normalized spacial score (nSPS) is 13.1. The highest BCUT2D eigenvalue weighted by Gasteiger charge is 2.23. The van der Waals surface area contributed by atoms with Gasteiger partial charge in [0.15, 0.2) is 12.1 Å². The first-order valence-electron chi connectivity index (χ1n) is 6.13. The first-order chi connectivity index (χ1) is 9.56. The van der Waals surface area contributed by atoms with Gasteiger partial charge in [-0.15, -0.1) is 0 Å². The molecule has 0 aromatic carbocycles. The first-order valence-corrected chi connectivity index (χ1v) is 6.13. The highest BCUT2D eigenvalue weighted by Crippen LogP contribution is 2.22. The zero-order chi connectivity index (χ0) is 14.7. The van der Waals surface area contributed by atoms with E-state index in [4.69, 9.17) is 0 Å². The summed E-state index contributed by atoms with van der Waals surface area (Å²) in [7, 11) is 0. The molecule has 1 heterocycles. The van der Waals surface area contributed by atoms with E-state index in [1.54, 1.807) is 0 Å². The number of ketones is 2. The molecule has 0 spiro atoms. The van der Waals surface area contributed by atoms with Crippen LogP contribution in [0.3, 0.4) is 0 Å². The number of hydrogen-bond acceptors (Lipinski definition) is 5. The smallest absolute Gasteiger partial charge is 0.224 e. The van der Waals surface area contributed by atoms with Crippen molar-refractivity contribution in [3.8, 4) is 0 Å². The molecule has 0 saturated heterocycles. The Kier molecular flexibility index (Phi) is 3.84. The van der Waals surface area contributed by atoms with Crippen LogP contribution in [0.15, 0.2) is 18.2 Å². The second-order valence-electron chi connectivity index (χ2n) is 4.30. The van der Waals surface area contributed by atoms with Gasteiger partial charge in [0.1, 0.15) is 11.4 Å². The molecule has 1 N–H and O–H groups in total. The molecule has 1 amide bonds. The lowest BCUT2D eigenvalue weighted by molar-refractivity contribution is -0.116. The third-order valence-corrected chi connectivity index (χ3v) is 2.80. The molecule has 6 heteroatoms. The Morgan fingerprint density at radius 3 is 2.65 bits per heavy atom. The lowest BCUT2D eigenvalue weighted by Crippen LogP contribution is -2.19. The van der Waals surface area contributed by atoms with Crippen molar-refractivity contribution in [2.24, 2.45) is 0 Å². The number of aldehydes is 1. The molecule has 1 aliphatic carbocycles. The van der Waals surface area contributed by atoms with Crippen LogP contribution in [0.1, 0.15) is 51.1 Å². The van der Waals surface area contributed by atoms with E-state index in [0.29, 0.717) is 19.1 Å². The highest BCUT2D eigenvalue weighted by molar-refractivity contribution is 6.22. The Morgan fingerprint density at radius 1 is 1.30 bits per heavy atom. The van der Waals surface area contributed by atoms with Crippen LogP contribution in [0.2, 0.25) is 0 Å². The molecule has 0 fully saturated rings. The number of nitrogens with zero attached hydrogens (tertiary/aromatic N) is 1. The Labute approximate surface area is 114 Å². The largest absolute Gasteiger partial charge is 0.324 e. The summed E-state index contributed by atoms with van der Waals surface area (Å²) < 4.78 is 0. The number of hydrogen-bond donors (Lipinski definition) is 1. The Bertz CT molecular complexity index is 647. The molecular formula is C14H12N2O4. The van der Waals surface area contributed by atoms with Crippen LogP contribution < -0.4 is 5.32 Å². The number of nitrogens with one attached hydrogen (secondary N) is 1. The van der Waals surface area contributed by atoms with Gasteiger partial charge in [0.25, 0.3) is 0 Å². The molecule has 102 valence electrons. The predicted molar refractivity (Wildman–Crippen MR) is 71.0 cm³/mol. The average molecular weight is 272 g/mol. The van der Waals surface area contributed by atoms with Crippen molar-refractivity contribution < 1.29 is 19.2 Å². The Hall–Kier alpha value is -2.63. The van der Waals surface area contributed by atoms with Gasteiger partial charge in [-0.1, -0.05) is 6.92 Å². The number of anilines is 1. The number of fused-ring (bicyclic) bond motifs is 1. The Balaban J connectivity index is 2.46. The summed E-state index contributed by atoms with van der Waals surface area (Å²) in [5.41, 5.74) is 0.112. The van der Waals surface area contributed by atoms with Crippen molar-refractivity contribution in [1.82, 2.24) is 4.98 Å². The third-order valence-electron chi connectivity index (χ3n) is 2.80. The number of pyridine rings is 1. The van der Waals surface area contributed by atoms with E-state index in [0.717, 1.165) is 12.2 Å². The minimum Gasteiger partial charge on any atom is -0.324 e. The van der Waals surface area contributed by atoms with Crippen LogP contribution in [0.25, 0.3) is 0 Å². The second kappa shape index (κ2) is 5.56. The van der Waals surface area contributed by atoms with Gasteiger partial charge < -0.3 is 5.32 Å². The molecule has 2 rings (SSSR count). The summed E-state index contributed by atoms with van der Waals surface area (Å²) in [6.07, 6.45) is 3.65. The topological polar surface area (TPSA) is 93.2 Å². The van der Waals surface area contributed by atoms with Crippen molar-refractivity contribution in [3.05, 3.63) is 35.2 Å². The van der Waals surface area contributed by atoms with Gasteiger partial charge in [-0.05, 0) is 24.6 Å². The number of amides is 1. The van der Waals surface area contributed by atoms with Crippen LogP contribution >= 0.6 is 0 Å². The van der Waals surface area contributed by atoms with Crippen LogP contribution in [0.4, 0.5) is 5.69 Å². The molecule has 0 saturated carbocycles. The summed E-state index contributed by atoms with van der Waals surface area (Å²) >= 11 is 0. The number of allylic oxidation sites excluding steroid dienone is 2. The van der Waals surface area contributed by atoms with Crippen LogP contribution in [0.5, 0.6) is 0 Å². The standard InChI is InChI=1S/C14H12N2O4/c1-2-3-13(20)15-9-6-8-11(18)4-5-12(19)14(8)16-10(9)7-17/h4-7H,2-3H2,1H3,(H,15,20). The van der Waals surface area contributed by atoms with Gasteiger partial charge in [0, 0.05) is 6.42 Å². The fraction of sp³-hybridized carbons (Fsp3) is 0.214. The molecular weight excluding hydrogens is 260 g/mol. The summed E-state index contributed by atoms with van der Waals surface area (Å²) in [5, 5.41) is 2.53. The van der Waals surface area contributed by atoms with Crippen molar-refractivity contribution in [3.63, 3.8) is 0 Å². The van der Waals surface area contributed by atoms with Crippen molar-refractivity contribution in [2.45, 2.75) is 19.8 Å². The number of rotatable bonds is 4. The summed E-state index contributed by atoms with van der Waals surface area (Å²) in [6.45, 7) is 1.85. The Morgan fingerprint density at radius 2 is 2.00 bits per heavy atom. The molecule has 0 radical (unpaired) electrons. The molecule has 1 aromatic rings. The lowest BCUT2D eigenvalue weighted by atomic mass is 9.98. The molecule has 6 nitrogen and oxygen atoms in total. The van der Waals surface area contributed by atoms with Crippen LogP contribution in [-0.2, 0) is 4.79 Å². The SMILES string of the molecule is CCCC(=O)Nc1cc2c(nc1C=O)C(=O)C=CC2=O. The maximum Gasteiger partial charge on any atom is 0.224 e. The van der Waals surface area contributed by atoms with Gasteiger partial charge in [-0.25, -0.2) is 4.98 Å². The van der Waals surface area contributed by atoms with E-state index in [9.17, 15) is 19.2 Å². The van der Waals surface area contributed by atoms with Gasteiger partial charge in [-0.3, -0.25) is 19.2 Å². The van der Waals surface area contributed by atoms with Gasteiger partial charge >= 0.3 is 0 Å². The number of carbonyl (C=O) groups is 4. The monoisotopic (exact) mass is 272 g/mol. The van der Waals surface area contributed by atoms with Gasteiger partial charge in [-0.2, -0.15) is 0 Å². The maximum absolute atomic E-state index is 11.7. The number of aromatic nitrogens is 1. The maximum atomic E-state index is 11.7. The number of carbonyl (C=O) groups excluding carboxylic acids is 4. The fourth-order valence-corrected chi connectivity index (χ4v) is 1.85. The van der Waals surface area contributed by atoms with E-state index in [1.807, 2.05) is 6.92 Å². The van der Waals surface area contributed by atoms with E-state index in [1.165, 1.54) is 6.07 Å². The van der Waals surface area contributed by atoms with Crippen molar-refractivity contribution >= 4 is 29.4 Å². The third kappa shape index (κ3) is 2.54. The zero-order valence-electron chi connectivity index (χ0n) is 10.8. The molecule has 0 aliphatic heterocycles. The quantitative estimate of drug-likeness (QED) is 0.840. The molecule has 0 atom stereocenters. The van der Waals surface area contributed by atoms with Crippen LogP contribution in [0, 0.1) is 0 Å². The molecule has 0 bridgehead atoms. The van der Waals surface area contributed by atoms with E-state index in [2.05, 4.69) is 10.3 Å². The van der Waals surface area contributed by atoms with E-state index >= 15 is 0 Å². The van der Waals surface area contributed by atoms with Crippen LogP contribution in [-0.4, -0.2) is 28.7 Å². The second-order valence-corrected chi connectivity index (χ2v) is 4.30. The fourth-order valence-electron chi connectivity index (χ4n) is 1.85. The summed E-state index contributed by atoms with van der Waals surface area (Å²) in [5.74, 6) is -1.09. The van der Waals surface area contributed by atoms with Gasteiger partial charge in [0.2, 0.25) is 11.7 Å². The molecule has 1 aliphatic rings. The minimum atomic E-state index is -0.436. The summed E-state index contributed by atoms with van der Waals surface area (Å²) in [4.78, 5) is 49.8. The van der Waals surface area contributed by atoms with Gasteiger partial charge in [0.05, 0.1) is 11.3 Å². The first kappa shape index (κ1) is 13.8. The molecule has 1 aromatic heterocycles. The summed E-state index contributed by atoms with van der Waals surface area (Å²) in [6, 6.07) is 1.32. The van der Waals surface area contributed by atoms with Crippen molar-refractivity contribution in [2.75, 3.05) is 5.32 Å².